The predicted octanol–water partition coefficient (Wildman–Crippen LogP) is 7.13. The number of hydrogen-bond acceptors (Lipinski definition) is 5. The highest BCUT2D eigenvalue weighted by Gasteiger charge is 2.30. The molecule has 5 rings (SSSR count). The molecule has 0 amide bonds. The number of methoxy groups -OCH3 is 1. The molecule has 1 N–H and O–H groups in total. The van der Waals surface area contributed by atoms with Gasteiger partial charge in [0.15, 0.2) is 5.78 Å². The molecule has 3 aromatic carbocycles. The van der Waals surface area contributed by atoms with Crippen LogP contribution in [0.1, 0.15) is 49.3 Å². The van der Waals surface area contributed by atoms with Gasteiger partial charge in [-0.05, 0) is 55.5 Å². The number of ketones is 1. The van der Waals surface area contributed by atoms with Crippen molar-refractivity contribution in [1.29, 1.82) is 0 Å². The first-order valence-electron chi connectivity index (χ1n) is 13.7. The summed E-state index contributed by atoms with van der Waals surface area (Å²) in [6, 6.07) is 25.1. The van der Waals surface area contributed by atoms with Gasteiger partial charge in [0.25, 0.3) is 0 Å². The Morgan fingerprint density at radius 3 is 2.35 bits per heavy atom. The zero-order valence-electron chi connectivity index (χ0n) is 22.9. The van der Waals surface area contributed by atoms with Gasteiger partial charge in [-0.2, -0.15) is 0 Å². The lowest BCUT2D eigenvalue weighted by atomic mass is 9.83. The number of ether oxygens (including phenoxy) is 2. The van der Waals surface area contributed by atoms with Crippen molar-refractivity contribution in [2.24, 2.45) is 0 Å². The third-order valence-electron chi connectivity index (χ3n) is 7.29. The molecule has 1 aliphatic carbocycles. The highest BCUT2D eigenvalue weighted by atomic mass is 16.5. The number of aromatic nitrogens is 1. The number of fused-ring (bicyclic) bond motifs is 1. The van der Waals surface area contributed by atoms with Crippen molar-refractivity contribution in [1.82, 2.24) is 4.57 Å². The molecule has 1 aliphatic rings. The Kier molecular flexibility index (Phi) is 8.15. The molecule has 0 spiro atoms. The molecule has 6 nitrogen and oxygen atoms in total. The minimum absolute atomic E-state index is 0.137. The quantitative estimate of drug-likeness (QED) is 0.155. The second-order valence-electron chi connectivity index (χ2n) is 9.83. The van der Waals surface area contributed by atoms with Crippen LogP contribution >= 0.6 is 0 Å². The largest absolute Gasteiger partial charge is 0.506 e. The fourth-order valence-corrected chi connectivity index (χ4v) is 5.36. The molecule has 1 heterocycles. The molecule has 40 heavy (non-hydrogen) atoms. The summed E-state index contributed by atoms with van der Waals surface area (Å²) < 4.78 is 12.9. The molecule has 0 bridgehead atoms. The van der Waals surface area contributed by atoms with Gasteiger partial charge in [0.1, 0.15) is 11.5 Å². The number of hydrogen-bond donors (Lipinski definition) is 1. The number of nitrogens with zero attached hydrogens (tertiary/aromatic N) is 1. The molecule has 204 valence electrons. The number of allylic oxidation sites excluding steroid dienone is 2. The van der Waals surface area contributed by atoms with Crippen LogP contribution in [0.2, 0.25) is 0 Å². The highest BCUT2D eigenvalue weighted by Crippen LogP contribution is 2.39. The van der Waals surface area contributed by atoms with Crippen LogP contribution in [-0.4, -0.2) is 35.1 Å². The van der Waals surface area contributed by atoms with Crippen molar-refractivity contribution in [3.8, 4) is 5.75 Å². The maximum absolute atomic E-state index is 13.8. The van der Waals surface area contributed by atoms with Crippen LogP contribution in [0.3, 0.4) is 0 Å². The minimum atomic E-state index is -0.472. The molecular formula is C34H33NO5. The first-order chi connectivity index (χ1) is 19.5. The Hall–Kier alpha value is -4.58. The van der Waals surface area contributed by atoms with Crippen LogP contribution in [0.4, 0.5) is 0 Å². The summed E-state index contributed by atoms with van der Waals surface area (Å²) in [5, 5.41) is 12.8. The Labute approximate surface area is 234 Å². The number of rotatable bonds is 7. The van der Waals surface area contributed by atoms with E-state index in [1.807, 2.05) is 60.8 Å². The summed E-state index contributed by atoms with van der Waals surface area (Å²) in [5.41, 5.74) is 4.21. The van der Waals surface area contributed by atoms with Gasteiger partial charge >= 0.3 is 5.97 Å². The predicted molar refractivity (Wildman–Crippen MR) is 157 cm³/mol. The average Bonchev–Trinajstić information content (AvgIpc) is 3.34. The first-order valence-corrected chi connectivity index (χ1v) is 13.7. The Morgan fingerprint density at radius 1 is 0.925 bits per heavy atom. The van der Waals surface area contributed by atoms with Crippen molar-refractivity contribution in [2.45, 2.75) is 39.2 Å². The lowest BCUT2D eigenvalue weighted by Gasteiger charge is -2.21. The van der Waals surface area contributed by atoms with Crippen molar-refractivity contribution in [2.75, 3.05) is 13.7 Å². The molecular weight excluding hydrogens is 502 g/mol. The Morgan fingerprint density at radius 2 is 1.62 bits per heavy atom. The molecule has 6 heteroatoms. The second kappa shape index (κ2) is 12.1. The Balaban J connectivity index is 1.77. The average molecular weight is 536 g/mol. The summed E-state index contributed by atoms with van der Waals surface area (Å²) in [4.78, 5) is 27.1. The van der Waals surface area contributed by atoms with Gasteiger partial charge < -0.3 is 19.1 Å². The van der Waals surface area contributed by atoms with E-state index < -0.39 is 5.97 Å². The standard InChI is InChI=1S/C34H33NO5/c1-3-40-34(38)27-14-8-10-16-30(36)32(31(27)24-17-19-25(39-2)20-18-24)33(37)28-22-35(21-23-11-5-4-6-12-23)29-15-9-7-13-26(28)29/h4-7,9,11-13,15,17-20,22,37H,3,8,10,14,16,21H2,1-2H3/b31-27+,33-32-. The first kappa shape index (κ1) is 27.0. The van der Waals surface area contributed by atoms with Crippen molar-refractivity contribution < 1.29 is 24.2 Å². The number of carbonyl (C=O) groups is 2. The summed E-state index contributed by atoms with van der Waals surface area (Å²) in [6.07, 6.45) is 3.90. The normalized spacial score (nSPS) is 17.3. The van der Waals surface area contributed by atoms with Gasteiger partial charge in [-0.1, -0.05) is 60.7 Å². The zero-order valence-corrected chi connectivity index (χ0v) is 22.9. The fourth-order valence-electron chi connectivity index (χ4n) is 5.36. The molecule has 0 aliphatic heterocycles. The van der Waals surface area contributed by atoms with Crippen molar-refractivity contribution >= 4 is 34.0 Å². The summed E-state index contributed by atoms with van der Waals surface area (Å²) in [6.45, 7) is 2.58. The van der Waals surface area contributed by atoms with Crippen LogP contribution in [0, 0.1) is 0 Å². The number of aliphatic hydroxyl groups excluding tert-OH is 1. The van der Waals surface area contributed by atoms with E-state index >= 15 is 0 Å². The number of carbonyl (C=O) groups excluding carboxylic acids is 2. The molecule has 4 aromatic rings. The number of esters is 1. The lowest BCUT2D eigenvalue weighted by molar-refractivity contribution is -0.138. The third-order valence-corrected chi connectivity index (χ3v) is 7.29. The maximum atomic E-state index is 13.8. The Bertz CT molecular complexity index is 1590. The van der Waals surface area contributed by atoms with Gasteiger partial charge in [-0.25, -0.2) is 4.79 Å². The van der Waals surface area contributed by atoms with E-state index in [0.717, 1.165) is 16.5 Å². The minimum Gasteiger partial charge on any atom is -0.506 e. The number of Topliss-reactive ketones (excluding diaryl/α,β-unsaturated/α-hetero) is 1. The molecule has 1 aromatic heterocycles. The topological polar surface area (TPSA) is 77.8 Å². The van der Waals surface area contributed by atoms with E-state index in [4.69, 9.17) is 9.47 Å². The van der Waals surface area contributed by atoms with E-state index in [2.05, 4.69) is 16.7 Å². The summed E-state index contributed by atoms with van der Waals surface area (Å²) in [5.74, 6) is -0.162. The number of para-hydroxylation sites is 1. The molecule has 0 saturated heterocycles. The third kappa shape index (κ3) is 5.43. The van der Waals surface area contributed by atoms with Gasteiger partial charge in [0.05, 0.1) is 19.3 Å². The molecule has 0 fully saturated rings. The van der Waals surface area contributed by atoms with E-state index in [-0.39, 0.29) is 30.1 Å². The van der Waals surface area contributed by atoms with E-state index in [1.54, 1.807) is 26.2 Å². The summed E-state index contributed by atoms with van der Waals surface area (Å²) in [7, 11) is 1.58. The van der Waals surface area contributed by atoms with Crippen LogP contribution in [0.15, 0.2) is 96.2 Å². The van der Waals surface area contributed by atoms with Crippen LogP contribution in [0.5, 0.6) is 5.75 Å². The fraction of sp³-hybridized carbons (Fsp3) is 0.235. The smallest absolute Gasteiger partial charge is 0.334 e. The second-order valence-corrected chi connectivity index (χ2v) is 9.83. The molecule has 0 unspecified atom stereocenters. The highest BCUT2D eigenvalue weighted by molar-refractivity contribution is 6.20. The van der Waals surface area contributed by atoms with E-state index in [9.17, 15) is 14.7 Å². The lowest BCUT2D eigenvalue weighted by Crippen LogP contribution is -2.17. The van der Waals surface area contributed by atoms with Crippen LogP contribution in [0.25, 0.3) is 22.2 Å². The van der Waals surface area contributed by atoms with Gasteiger partial charge in [-0.3, -0.25) is 4.79 Å². The molecule has 0 radical (unpaired) electrons. The SMILES string of the molecule is CCOC(=O)/C1=C(c2ccc(OC)cc2)/C(=C(\O)c2cn(Cc3ccccc3)c3ccccc23)C(=O)CCCC1. The van der Waals surface area contributed by atoms with Gasteiger partial charge in [-0.15, -0.1) is 0 Å². The van der Waals surface area contributed by atoms with Gasteiger partial charge in [0, 0.05) is 46.8 Å². The molecule has 0 saturated carbocycles. The summed E-state index contributed by atoms with van der Waals surface area (Å²) >= 11 is 0. The maximum Gasteiger partial charge on any atom is 0.334 e. The van der Waals surface area contributed by atoms with Crippen molar-refractivity contribution in [3.63, 3.8) is 0 Å². The van der Waals surface area contributed by atoms with E-state index in [1.165, 1.54) is 0 Å². The van der Waals surface area contributed by atoms with Gasteiger partial charge in [0.2, 0.25) is 0 Å². The zero-order chi connectivity index (χ0) is 28.1. The number of benzene rings is 3. The van der Waals surface area contributed by atoms with Crippen molar-refractivity contribution in [3.05, 3.63) is 113 Å². The van der Waals surface area contributed by atoms with Crippen LogP contribution < -0.4 is 4.74 Å². The van der Waals surface area contributed by atoms with E-state index in [0.29, 0.717) is 53.8 Å². The monoisotopic (exact) mass is 535 g/mol. The van der Waals surface area contributed by atoms with Crippen LogP contribution in [-0.2, 0) is 20.9 Å². The number of aliphatic hydroxyl groups is 1. The molecule has 0 atom stereocenters.